The summed E-state index contributed by atoms with van der Waals surface area (Å²) in [6, 6.07) is 3.16. The molecule has 21 heavy (non-hydrogen) atoms. The summed E-state index contributed by atoms with van der Waals surface area (Å²) in [6.07, 6.45) is 1.26. The van der Waals surface area contributed by atoms with E-state index in [4.69, 9.17) is 11.6 Å². The molecule has 1 aromatic carbocycles. The van der Waals surface area contributed by atoms with Crippen molar-refractivity contribution >= 4 is 28.5 Å². The van der Waals surface area contributed by atoms with Gasteiger partial charge in [-0.3, -0.25) is 4.79 Å². The summed E-state index contributed by atoms with van der Waals surface area (Å²) >= 11 is 5.90. The highest BCUT2D eigenvalue weighted by Gasteiger charge is 2.13. The van der Waals surface area contributed by atoms with Crippen LogP contribution in [0, 0.1) is 12.7 Å². The molecule has 1 heterocycles. The van der Waals surface area contributed by atoms with Crippen LogP contribution in [0.2, 0.25) is 0 Å². The lowest BCUT2D eigenvalue weighted by molar-refractivity contribution is -0.121. The molecule has 0 spiro atoms. The third kappa shape index (κ3) is 3.53. The number of hydrogen-bond acceptors (Lipinski definition) is 2. The summed E-state index contributed by atoms with van der Waals surface area (Å²) in [7, 11) is 0. The molecular weight excluding hydrogens is 293 g/mol. The number of aryl methyl sites for hydroxylation is 2. The molecule has 0 saturated carbocycles. The van der Waals surface area contributed by atoms with Gasteiger partial charge in [0.2, 0.25) is 5.91 Å². The standard InChI is InChI=1S/C15H19ClFN3O/c1-3-5-18-15(21)4-6-20-13-7-10(2)11(17)8-12(13)19-14(20)9-16/h7-8H,3-6,9H2,1-2H3,(H,18,21). The average Bonchev–Trinajstić information content (AvgIpc) is 2.80. The monoisotopic (exact) mass is 311 g/mol. The maximum absolute atomic E-state index is 13.6. The van der Waals surface area contributed by atoms with Crippen molar-refractivity contribution in [1.29, 1.82) is 0 Å². The second-order valence-corrected chi connectivity index (χ2v) is 5.27. The molecule has 2 aromatic rings. The number of aromatic nitrogens is 2. The summed E-state index contributed by atoms with van der Waals surface area (Å²) in [5.74, 6) is 0.596. The Bertz CT molecular complexity index is 654. The lowest BCUT2D eigenvalue weighted by Crippen LogP contribution is -2.25. The third-order valence-electron chi connectivity index (χ3n) is 3.36. The zero-order valence-corrected chi connectivity index (χ0v) is 13.0. The summed E-state index contributed by atoms with van der Waals surface area (Å²) in [6.45, 7) is 4.88. The Kier molecular flexibility index (Phi) is 5.17. The van der Waals surface area contributed by atoms with E-state index in [0.29, 0.717) is 36.4 Å². The minimum absolute atomic E-state index is 0.00180. The van der Waals surface area contributed by atoms with Crippen LogP contribution < -0.4 is 5.32 Å². The maximum Gasteiger partial charge on any atom is 0.221 e. The zero-order chi connectivity index (χ0) is 15.4. The molecule has 1 amide bonds. The van der Waals surface area contributed by atoms with Gasteiger partial charge in [0.25, 0.3) is 0 Å². The molecular formula is C15H19ClFN3O. The maximum atomic E-state index is 13.6. The van der Waals surface area contributed by atoms with E-state index in [9.17, 15) is 9.18 Å². The van der Waals surface area contributed by atoms with Crippen LogP contribution in [0.5, 0.6) is 0 Å². The van der Waals surface area contributed by atoms with Crippen LogP contribution in [0.15, 0.2) is 12.1 Å². The van der Waals surface area contributed by atoms with Gasteiger partial charge in [0.05, 0.1) is 16.9 Å². The van der Waals surface area contributed by atoms with Gasteiger partial charge in [0.1, 0.15) is 11.6 Å². The highest BCUT2D eigenvalue weighted by atomic mass is 35.5. The van der Waals surface area contributed by atoms with Crippen molar-refractivity contribution in [1.82, 2.24) is 14.9 Å². The van der Waals surface area contributed by atoms with Crippen molar-refractivity contribution < 1.29 is 9.18 Å². The quantitative estimate of drug-likeness (QED) is 0.833. The first kappa shape index (κ1) is 15.8. The van der Waals surface area contributed by atoms with Crippen molar-refractivity contribution in [3.05, 3.63) is 29.3 Å². The van der Waals surface area contributed by atoms with E-state index in [1.165, 1.54) is 6.07 Å². The Morgan fingerprint density at radius 1 is 1.48 bits per heavy atom. The number of nitrogens with zero attached hydrogens (tertiary/aromatic N) is 2. The molecule has 1 aromatic heterocycles. The summed E-state index contributed by atoms with van der Waals surface area (Å²) in [5.41, 5.74) is 1.94. The number of alkyl halides is 1. The molecule has 0 radical (unpaired) electrons. The predicted octanol–water partition coefficient (Wildman–Crippen LogP) is 3.14. The van der Waals surface area contributed by atoms with E-state index in [1.807, 2.05) is 11.5 Å². The van der Waals surface area contributed by atoms with Crippen LogP contribution in [0.3, 0.4) is 0 Å². The van der Waals surface area contributed by atoms with E-state index >= 15 is 0 Å². The topological polar surface area (TPSA) is 46.9 Å². The van der Waals surface area contributed by atoms with Gasteiger partial charge in [-0.15, -0.1) is 11.6 Å². The van der Waals surface area contributed by atoms with Gasteiger partial charge in [-0.25, -0.2) is 9.37 Å². The first-order valence-electron chi connectivity index (χ1n) is 7.04. The number of nitrogens with one attached hydrogen (secondary N) is 1. The molecule has 0 aliphatic carbocycles. The number of amides is 1. The van der Waals surface area contributed by atoms with Crippen molar-refractivity contribution in [2.45, 2.75) is 39.1 Å². The SMILES string of the molecule is CCCNC(=O)CCn1c(CCl)nc2cc(F)c(C)cc21. The number of fused-ring (bicyclic) bond motifs is 1. The second kappa shape index (κ2) is 6.89. The number of hydrogen-bond donors (Lipinski definition) is 1. The van der Waals surface area contributed by atoms with Crippen LogP contribution >= 0.6 is 11.6 Å². The highest BCUT2D eigenvalue weighted by Crippen LogP contribution is 2.21. The van der Waals surface area contributed by atoms with Gasteiger partial charge in [0, 0.05) is 25.6 Å². The number of benzene rings is 1. The molecule has 0 fully saturated rings. The first-order chi connectivity index (χ1) is 10.1. The molecule has 6 heteroatoms. The molecule has 0 saturated heterocycles. The van der Waals surface area contributed by atoms with Crippen LogP contribution in [0.25, 0.3) is 11.0 Å². The van der Waals surface area contributed by atoms with Crippen molar-refractivity contribution in [2.24, 2.45) is 0 Å². The van der Waals surface area contributed by atoms with Crippen molar-refractivity contribution in [2.75, 3.05) is 6.54 Å². The number of rotatable bonds is 6. The molecule has 2 rings (SSSR count). The fourth-order valence-electron chi connectivity index (χ4n) is 2.22. The Morgan fingerprint density at radius 3 is 2.90 bits per heavy atom. The number of halogens is 2. The molecule has 0 bridgehead atoms. The summed E-state index contributed by atoms with van der Waals surface area (Å²) < 4.78 is 15.5. The molecule has 1 N–H and O–H groups in total. The first-order valence-corrected chi connectivity index (χ1v) is 7.58. The van der Waals surface area contributed by atoms with Crippen LogP contribution in [0.1, 0.15) is 31.2 Å². The molecule has 0 aliphatic heterocycles. The Balaban J connectivity index is 2.25. The average molecular weight is 312 g/mol. The Labute approximate surface area is 128 Å². The number of carbonyl (C=O) groups excluding carboxylic acids is 1. The van der Waals surface area contributed by atoms with Gasteiger partial charge >= 0.3 is 0 Å². The van der Waals surface area contributed by atoms with E-state index in [0.717, 1.165) is 11.9 Å². The van der Waals surface area contributed by atoms with E-state index in [-0.39, 0.29) is 17.6 Å². The van der Waals surface area contributed by atoms with Gasteiger partial charge < -0.3 is 9.88 Å². The van der Waals surface area contributed by atoms with Gasteiger partial charge in [-0.2, -0.15) is 0 Å². The van der Waals surface area contributed by atoms with Crippen molar-refractivity contribution in [3.63, 3.8) is 0 Å². The fourth-order valence-corrected chi connectivity index (χ4v) is 2.42. The molecule has 0 unspecified atom stereocenters. The van der Waals surface area contributed by atoms with Crippen molar-refractivity contribution in [3.8, 4) is 0 Å². The minimum atomic E-state index is -0.283. The Hall–Kier alpha value is -1.62. The summed E-state index contributed by atoms with van der Waals surface area (Å²) in [5, 5.41) is 2.84. The zero-order valence-electron chi connectivity index (χ0n) is 12.2. The minimum Gasteiger partial charge on any atom is -0.356 e. The number of imidazole rings is 1. The molecule has 0 aliphatic rings. The highest BCUT2D eigenvalue weighted by molar-refractivity contribution is 6.16. The van der Waals surface area contributed by atoms with Gasteiger partial charge in [0.15, 0.2) is 0 Å². The molecule has 114 valence electrons. The molecule has 4 nitrogen and oxygen atoms in total. The largest absolute Gasteiger partial charge is 0.356 e. The van der Waals surface area contributed by atoms with E-state index in [2.05, 4.69) is 10.3 Å². The van der Waals surface area contributed by atoms with Crippen LogP contribution in [-0.2, 0) is 17.2 Å². The lowest BCUT2D eigenvalue weighted by Gasteiger charge is -2.08. The van der Waals surface area contributed by atoms with Gasteiger partial charge in [-0.1, -0.05) is 6.92 Å². The number of carbonyl (C=O) groups is 1. The smallest absolute Gasteiger partial charge is 0.221 e. The van der Waals surface area contributed by atoms with E-state index in [1.54, 1.807) is 13.0 Å². The third-order valence-corrected chi connectivity index (χ3v) is 3.60. The lowest BCUT2D eigenvalue weighted by atomic mass is 10.2. The fraction of sp³-hybridized carbons (Fsp3) is 0.467. The normalized spacial score (nSPS) is 11.0. The van der Waals surface area contributed by atoms with E-state index < -0.39 is 0 Å². The van der Waals surface area contributed by atoms with Gasteiger partial charge in [-0.05, 0) is 25.0 Å². The second-order valence-electron chi connectivity index (χ2n) is 5.00. The summed E-state index contributed by atoms with van der Waals surface area (Å²) in [4.78, 5) is 16.0. The van der Waals surface area contributed by atoms with Crippen LogP contribution in [0.4, 0.5) is 4.39 Å². The molecule has 0 atom stereocenters. The van der Waals surface area contributed by atoms with Crippen LogP contribution in [-0.4, -0.2) is 22.0 Å². The Morgan fingerprint density at radius 2 is 2.24 bits per heavy atom. The predicted molar refractivity (Wildman–Crippen MR) is 81.9 cm³/mol.